The van der Waals surface area contributed by atoms with Crippen LogP contribution in [0.1, 0.15) is 50.4 Å². The summed E-state index contributed by atoms with van der Waals surface area (Å²) in [6, 6.07) is 6.06. The van der Waals surface area contributed by atoms with Crippen LogP contribution in [0.15, 0.2) is 40.4 Å². The van der Waals surface area contributed by atoms with E-state index in [0.29, 0.717) is 30.6 Å². The molecule has 2 aromatic rings. The molecule has 178 valence electrons. The summed E-state index contributed by atoms with van der Waals surface area (Å²) in [5.74, 6) is 0.261. The highest BCUT2D eigenvalue weighted by atomic mass is 32.2. The lowest BCUT2D eigenvalue weighted by Crippen LogP contribution is -2.40. The maximum atomic E-state index is 13.6. The van der Waals surface area contributed by atoms with Crippen LogP contribution in [0.25, 0.3) is 0 Å². The number of aromatic nitrogens is 2. The number of anilines is 2. The fourth-order valence-electron chi connectivity index (χ4n) is 4.85. The first kappa shape index (κ1) is 23.4. The summed E-state index contributed by atoms with van der Waals surface area (Å²) in [7, 11) is -4.13. The van der Waals surface area contributed by atoms with E-state index < -0.39 is 15.7 Å². The average molecular weight is 474 g/mol. The van der Waals surface area contributed by atoms with Gasteiger partial charge in [0.1, 0.15) is 17.2 Å². The first-order chi connectivity index (χ1) is 15.6. The summed E-state index contributed by atoms with van der Waals surface area (Å²) in [6.45, 7) is 8.16. The largest absolute Gasteiger partial charge is 0.376 e. The molecule has 2 saturated heterocycles. The van der Waals surface area contributed by atoms with Crippen molar-refractivity contribution in [1.29, 1.82) is 0 Å². The molecule has 10 heteroatoms. The van der Waals surface area contributed by atoms with Crippen LogP contribution in [0, 0.1) is 5.92 Å². The Balaban J connectivity index is 1.71. The van der Waals surface area contributed by atoms with E-state index in [1.807, 2.05) is 4.90 Å². The number of ether oxygens (including phenoxy) is 1. The van der Waals surface area contributed by atoms with E-state index in [1.54, 1.807) is 12.1 Å². The Morgan fingerprint density at radius 2 is 2.12 bits per heavy atom. The van der Waals surface area contributed by atoms with E-state index in [-0.39, 0.29) is 27.1 Å². The monoisotopic (exact) mass is 473 g/mol. The zero-order valence-electron chi connectivity index (χ0n) is 19.2. The third kappa shape index (κ3) is 4.67. The van der Waals surface area contributed by atoms with Crippen molar-refractivity contribution in [2.75, 3.05) is 29.9 Å². The number of pyridine rings is 2. The topological polar surface area (TPSA) is 128 Å². The number of nitrogens with zero attached hydrogens (tertiary/aromatic N) is 3. The Bertz CT molecular complexity index is 1150. The van der Waals surface area contributed by atoms with Gasteiger partial charge in [-0.1, -0.05) is 13.0 Å². The molecular weight excluding hydrogens is 442 g/mol. The Labute approximate surface area is 194 Å². The molecule has 3 N–H and O–H groups in total. The number of rotatable bonds is 7. The number of hydrogen-bond acceptors (Lipinski definition) is 8. The summed E-state index contributed by atoms with van der Waals surface area (Å²) >= 11 is 0. The average Bonchev–Trinajstić information content (AvgIpc) is 3.38. The molecule has 2 aliphatic heterocycles. The molecule has 0 spiro atoms. The van der Waals surface area contributed by atoms with Gasteiger partial charge in [0.05, 0.1) is 11.0 Å². The van der Waals surface area contributed by atoms with E-state index >= 15 is 0 Å². The number of primary amides is 1. The molecular formula is C23H31N5O4S. The molecule has 2 aliphatic rings. The third-order valence-corrected chi connectivity index (χ3v) is 7.99. The standard InChI is InChI=1S/C23H31N5O4S/c1-15-12-23(2,3)28(14-15)22-20(21(24)29)17(9-10-25-22)33(30,31)19-8-4-7-18(27-19)26-13-16-6-5-11-32-16/h4,7-10,15-16H,5-6,11-14H2,1-3H3,(H2,24,29)(H,26,27). The molecule has 9 nitrogen and oxygen atoms in total. The minimum Gasteiger partial charge on any atom is -0.376 e. The zero-order chi connectivity index (χ0) is 23.8. The van der Waals surface area contributed by atoms with Gasteiger partial charge in [-0.05, 0) is 57.2 Å². The summed E-state index contributed by atoms with van der Waals surface area (Å²) in [5, 5.41) is 2.99. The van der Waals surface area contributed by atoms with E-state index in [9.17, 15) is 13.2 Å². The second kappa shape index (κ2) is 8.90. The molecule has 2 atom stereocenters. The summed E-state index contributed by atoms with van der Waals surface area (Å²) in [4.78, 5) is 23.0. The quantitative estimate of drug-likeness (QED) is 0.628. The Morgan fingerprint density at radius 1 is 1.33 bits per heavy atom. The van der Waals surface area contributed by atoms with Crippen molar-refractivity contribution in [3.8, 4) is 0 Å². The SMILES string of the molecule is CC1CN(c2nccc(S(=O)(=O)c3cccc(NCC4CCCO4)n3)c2C(N)=O)C(C)(C)C1. The highest BCUT2D eigenvalue weighted by molar-refractivity contribution is 7.91. The summed E-state index contributed by atoms with van der Waals surface area (Å²) in [6.07, 6.45) is 4.36. The van der Waals surface area contributed by atoms with Crippen molar-refractivity contribution < 1.29 is 17.9 Å². The molecule has 0 aromatic carbocycles. The normalized spacial score (nSPS) is 22.5. The molecule has 4 rings (SSSR count). The number of amides is 1. The molecule has 2 unspecified atom stereocenters. The van der Waals surface area contributed by atoms with Crippen molar-refractivity contribution in [3.05, 3.63) is 36.0 Å². The molecule has 1 amide bonds. The van der Waals surface area contributed by atoms with Crippen molar-refractivity contribution in [2.45, 2.75) is 61.6 Å². The van der Waals surface area contributed by atoms with Crippen LogP contribution in [0.2, 0.25) is 0 Å². The van der Waals surface area contributed by atoms with Crippen LogP contribution in [-0.4, -0.2) is 55.6 Å². The van der Waals surface area contributed by atoms with Gasteiger partial charge in [0.15, 0.2) is 5.03 Å². The minimum atomic E-state index is -4.13. The Morgan fingerprint density at radius 3 is 2.76 bits per heavy atom. The van der Waals surface area contributed by atoms with Gasteiger partial charge in [-0.25, -0.2) is 18.4 Å². The van der Waals surface area contributed by atoms with Gasteiger partial charge in [-0.2, -0.15) is 0 Å². The smallest absolute Gasteiger partial charge is 0.253 e. The maximum Gasteiger partial charge on any atom is 0.253 e. The Hall–Kier alpha value is -2.72. The molecule has 0 bridgehead atoms. The molecule has 2 fully saturated rings. The molecule has 33 heavy (non-hydrogen) atoms. The van der Waals surface area contributed by atoms with Gasteiger partial charge in [-0.15, -0.1) is 0 Å². The van der Waals surface area contributed by atoms with Crippen molar-refractivity contribution in [2.24, 2.45) is 11.7 Å². The van der Waals surface area contributed by atoms with Crippen LogP contribution in [0.5, 0.6) is 0 Å². The van der Waals surface area contributed by atoms with Crippen LogP contribution in [0.4, 0.5) is 11.6 Å². The van der Waals surface area contributed by atoms with E-state index in [1.165, 1.54) is 18.3 Å². The number of carbonyl (C=O) groups excluding carboxylic acids is 1. The first-order valence-electron chi connectivity index (χ1n) is 11.2. The van der Waals surface area contributed by atoms with E-state index in [2.05, 4.69) is 36.1 Å². The first-order valence-corrected chi connectivity index (χ1v) is 12.7. The predicted octanol–water partition coefficient (Wildman–Crippen LogP) is 2.62. The highest BCUT2D eigenvalue weighted by Crippen LogP contribution is 2.39. The van der Waals surface area contributed by atoms with Crippen molar-refractivity contribution >= 4 is 27.4 Å². The summed E-state index contributed by atoms with van der Waals surface area (Å²) < 4.78 is 32.8. The van der Waals surface area contributed by atoms with Gasteiger partial charge in [0, 0.05) is 31.4 Å². The maximum absolute atomic E-state index is 13.6. The lowest BCUT2D eigenvalue weighted by molar-refractivity contribution is 0.0997. The molecule has 0 radical (unpaired) electrons. The summed E-state index contributed by atoms with van der Waals surface area (Å²) in [5.41, 5.74) is 5.33. The number of nitrogens with one attached hydrogen (secondary N) is 1. The number of sulfone groups is 1. The van der Waals surface area contributed by atoms with Gasteiger partial charge in [0.2, 0.25) is 9.84 Å². The third-order valence-electron chi connectivity index (χ3n) is 6.29. The lowest BCUT2D eigenvalue weighted by atomic mass is 9.97. The van der Waals surface area contributed by atoms with Gasteiger partial charge in [-0.3, -0.25) is 4.79 Å². The fraction of sp³-hybridized carbons (Fsp3) is 0.522. The lowest BCUT2D eigenvalue weighted by Gasteiger charge is -2.33. The number of carbonyl (C=O) groups is 1. The molecule has 0 saturated carbocycles. The second-order valence-electron chi connectivity index (χ2n) is 9.48. The predicted molar refractivity (Wildman–Crippen MR) is 125 cm³/mol. The van der Waals surface area contributed by atoms with Crippen molar-refractivity contribution in [3.63, 3.8) is 0 Å². The molecule has 4 heterocycles. The van der Waals surface area contributed by atoms with Crippen LogP contribution in [0.3, 0.4) is 0 Å². The van der Waals surface area contributed by atoms with Gasteiger partial charge < -0.3 is 20.7 Å². The molecule has 2 aromatic heterocycles. The minimum absolute atomic E-state index is 0.0856. The number of nitrogens with two attached hydrogens (primary N) is 1. The fourth-order valence-corrected chi connectivity index (χ4v) is 6.25. The number of hydrogen-bond donors (Lipinski definition) is 2. The van der Waals surface area contributed by atoms with Crippen LogP contribution < -0.4 is 16.0 Å². The second-order valence-corrected chi connectivity index (χ2v) is 11.3. The molecule has 0 aliphatic carbocycles. The van der Waals surface area contributed by atoms with Gasteiger partial charge in [0.25, 0.3) is 5.91 Å². The van der Waals surface area contributed by atoms with Crippen LogP contribution >= 0.6 is 0 Å². The Kier molecular flexibility index (Phi) is 6.32. The van der Waals surface area contributed by atoms with Gasteiger partial charge >= 0.3 is 0 Å². The van der Waals surface area contributed by atoms with E-state index in [0.717, 1.165) is 25.9 Å². The van der Waals surface area contributed by atoms with Crippen LogP contribution in [-0.2, 0) is 14.6 Å². The van der Waals surface area contributed by atoms with Crippen molar-refractivity contribution in [1.82, 2.24) is 9.97 Å². The van der Waals surface area contributed by atoms with E-state index in [4.69, 9.17) is 10.5 Å². The zero-order valence-corrected chi connectivity index (χ0v) is 20.1. The highest BCUT2D eigenvalue weighted by Gasteiger charge is 2.40.